The van der Waals surface area contributed by atoms with E-state index in [0.29, 0.717) is 27.8 Å². The van der Waals surface area contributed by atoms with Crippen LogP contribution in [-0.4, -0.2) is 30.8 Å². The third kappa shape index (κ3) is 3.48. The van der Waals surface area contributed by atoms with Crippen LogP contribution in [0.15, 0.2) is 60.4 Å². The molecule has 0 fully saturated rings. The van der Waals surface area contributed by atoms with Crippen molar-refractivity contribution >= 4 is 28.1 Å². The first-order valence-corrected chi connectivity index (χ1v) is 8.96. The van der Waals surface area contributed by atoms with E-state index in [0.717, 1.165) is 0 Å². The minimum atomic E-state index is -0.471. The number of nitrogens with zero attached hydrogens (tertiary/aromatic N) is 4. The molecule has 0 saturated heterocycles. The molecule has 28 heavy (non-hydrogen) atoms. The monoisotopic (exact) mass is 392 g/mol. The molecule has 0 aliphatic rings. The maximum atomic E-state index is 12.8. The number of anilines is 1. The van der Waals surface area contributed by atoms with Gasteiger partial charge in [0.05, 0.1) is 4.92 Å². The number of H-pyrrole nitrogens is 1. The number of nitrogens with one attached hydrogen (secondary N) is 2. The normalized spacial score (nSPS) is 10.6. The highest BCUT2D eigenvalue weighted by atomic mass is 32.1. The molecular weight excluding hydrogens is 380 g/mol. The first-order valence-electron chi connectivity index (χ1n) is 8.08. The SMILES string of the molecule is O=C(Nc1nccs1)c1[nH]c(-c2ccc([N+](=O)[O-])cc2)nc1-c1ccncc1. The standard InChI is InChI=1S/C18H12N6O3S/c25-17(23-18-20-9-10-28-18)15-14(11-5-7-19-8-6-11)21-16(22-15)12-1-3-13(4-2-12)24(26)27/h1-10H,(H,21,22)(H,20,23,25). The van der Waals surface area contributed by atoms with Gasteiger partial charge in [-0.25, -0.2) is 9.97 Å². The number of carbonyl (C=O) groups excluding carboxylic acids is 1. The number of carbonyl (C=O) groups is 1. The van der Waals surface area contributed by atoms with Gasteiger partial charge >= 0.3 is 0 Å². The number of amides is 1. The summed E-state index contributed by atoms with van der Waals surface area (Å²) in [5.74, 6) is 0.0356. The van der Waals surface area contributed by atoms with Gasteiger partial charge < -0.3 is 4.98 Å². The highest BCUT2D eigenvalue weighted by molar-refractivity contribution is 7.13. The van der Waals surface area contributed by atoms with Crippen LogP contribution in [0, 0.1) is 10.1 Å². The summed E-state index contributed by atoms with van der Waals surface area (Å²) in [6.45, 7) is 0. The number of aromatic nitrogens is 4. The molecule has 0 aliphatic carbocycles. The molecule has 1 aromatic carbocycles. The predicted molar refractivity (Wildman–Crippen MR) is 104 cm³/mol. The van der Waals surface area contributed by atoms with Gasteiger partial charge in [0.15, 0.2) is 5.13 Å². The van der Waals surface area contributed by atoms with Crippen LogP contribution >= 0.6 is 11.3 Å². The van der Waals surface area contributed by atoms with Crippen molar-refractivity contribution in [1.29, 1.82) is 0 Å². The Balaban J connectivity index is 1.75. The number of pyridine rings is 1. The number of non-ortho nitro benzene ring substituents is 1. The number of nitro groups is 1. The molecule has 3 heterocycles. The largest absolute Gasteiger partial charge is 0.333 e. The summed E-state index contributed by atoms with van der Waals surface area (Å²) in [7, 11) is 0. The fraction of sp³-hybridized carbons (Fsp3) is 0. The first kappa shape index (κ1) is 17.5. The molecule has 9 nitrogen and oxygen atoms in total. The summed E-state index contributed by atoms with van der Waals surface area (Å²) in [6.07, 6.45) is 4.81. The Morgan fingerprint density at radius 3 is 2.46 bits per heavy atom. The van der Waals surface area contributed by atoms with Crippen LogP contribution in [0.5, 0.6) is 0 Å². The second kappa shape index (κ2) is 7.37. The lowest BCUT2D eigenvalue weighted by Crippen LogP contribution is -2.13. The molecule has 0 bridgehead atoms. The Morgan fingerprint density at radius 2 is 1.82 bits per heavy atom. The fourth-order valence-electron chi connectivity index (χ4n) is 2.58. The van der Waals surface area contributed by atoms with E-state index in [1.54, 1.807) is 48.2 Å². The number of benzene rings is 1. The average molecular weight is 392 g/mol. The maximum absolute atomic E-state index is 12.8. The van der Waals surface area contributed by atoms with Crippen molar-refractivity contribution in [3.63, 3.8) is 0 Å². The Hall–Kier alpha value is -3.92. The first-order chi connectivity index (χ1) is 13.6. The molecule has 4 aromatic rings. The van der Waals surface area contributed by atoms with Crippen molar-refractivity contribution in [2.24, 2.45) is 0 Å². The molecule has 10 heteroatoms. The molecule has 0 atom stereocenters. The number of aromatic amines is 1. The average Bonchev–Trinajstić information content (AvgIpc) is 3.38. The van der Waals surface area contributed by atoms with Crippen LogP contribution in [0.4, 0.5) is 10.8 Å². The van der Waals surface area contributed by atoms with Crippen molar-refractivity contribution < 1.29 is 9.72 Å². The zero-order valence-corrected chi connectivity index (χ0v) is 15.0. The van der Waals surface area contributed by atoms with Crippen LogP contribution < -0.4 is 5.32 Å². The summed E-state index contributed by atoms with van der Waals surface area (Å²) in [5, 5.41) is 15.8. The van der Waals surface area contributed by atoms with E-state index in [4.69, 9.17) is 0 Å². The van der Waals surface area contributed by atoms with Gasteiger partial charge in [0.25, 0.3) is 11.6 Å². The quantitative estimate of drug-likeness (QED) is 0.393. The van der Waals surface area contributed by atoms with E-state index < -0.39 is 4.92 Å². The van der Waals surface area contributed by atoms with Crippen LogP contribution in [0.3, 0.4) is 0 Å². The molecule has 4 rings (SSSR count). The van der Waals surface area contributed by atoms with Crippen molar-refractivity contribution in [2.45, 2.75) is 0 Å². The lowest BCUT2D eigenvalue weighted by molar-refractivity contribution is -0.384. The van der Waals surface area contributed by atoms with E-state index in [1.165, 1.54) is 23.5 Å². The summed E-state index contributed by atoms with van der Waals surface area (Å²) in [6, 6.07) is 9.43. The summed E-state index contributed by atoms with van der Waals surface area (Å²) < 4.78 is 0. The van der Waals surface area contributed by atoms with E-state index in [1.807, 2.05) is 0 Å². The highest BCUT2D eigenvalue weighted by Gasteiger charge is 2.20. The van der Waals surface area contributed by atoms with Crippen molar-refractivity contribution in [1.82, 2.24) is 19.9 Å². The summed E-state index contributed by atoms with van der Waals surface area (Å²) in [4.78, 5) is 38.8. The Kier molecular flexibility index (Phi) is 4.60. The topological polar surface area (TPSA) is 127 Å². The zero-order chi connectivity index (χ0) is 19.5. The molecule has 0 unspecified atom stereocenters. The van der Waals surface area contributed by atoms with Crippen molar-refractivity contribution in [2.75, 3.05) is 5.32 Å². The lowest BCUT2D eigenvalue weighted by atomic mass is 10.1. The Morgan fingerprint density at radius 1 is 1.07 bits per heavy atom. The zero-order valence-electron chi connectivity index (χ0n) is 14.2. The molecule has 0 spiro atoms. The molecule has 0 saturated carbocycles. The van der Waals surface area contributed by atoms with Crippen molar-refractivity contribution in [3.8, 4) is 22.6 Å². The van der Waals surface area contributed by atoms with Gasteiger partial charge in [-0.1, -0.05) is 0 Å². The van der Waals surface area contributed by atoms with Gasteiger partial charge in [-0.2, -0.15) is 0 Å². The van der Waals surface area contributed by atoms with Crippen LogP contribution in [-0.2, 0) is 0 Å². The number of hydrogen-bond donors (Lipinski definition) is 2. The highest BCUT2D eigenvalue weighted by Crippen LogP contribution is 2.27. The second-order valence-electron chi connectivity index (χ2n) is 5.64. The molecule has 2 N–H and O–H groups in total. The minimum Gasteiger partial charge on any atom is -0.333 e. The fourth-order valence-corrected chi connectivity index (χ4v) is 3.10. The number of imidazole rings is 1. The second-order valence-corrected chi connectivity index (χ2v) is 6.53. The van der Waals surface area contributed by atoms with Gasteiger partial charge in [-0.05, 0) is 24.3 Å². The molecule has 1 amide bonds. The molecule has 0 radical (unpaired) electrons. The van der Waals surface area contributed by atoms with E-state index in [9.17, 15) is 14.9 Å². The third-order valence-corrected chi connectivity index (χ3v) is 4.58. The summed E-state index contributed by atoms with van der Waals surface area (Å²) >= 11 is 1.30. The van der Waals surface area contributed by atoms with Gasteiger partial charge in [0.2, 0.25) is 0 Å². The number of hydrogen-bond acceptors (Lipinski definition) is 7. The maximum Gasteiger partial charge on any atom is 0.276 e. The smallest absolute Gasteiger partial charge is 0.276 e. The number of nitro benzene ring substituents is 1. The molecular formula is C18H12N6O3S. The van der Waals surface area contributed by atoms with Crippen LogP contribution in [0.1, 0.15) is 10.5 Å². The minimum absolute atomic E-state index is 0.0219. The summed E-state index contributed by atoms with van der Waals surface area (Å²) in [5.41, 5.74) is 2.02. The van der Waals surface area contributed by atoms with E-state index in [-0.39, 0.29) is 17.3 Å². The van der Waals surface area contributed by atoms with Gasteiger partial charge in [-0.15, -0.1) is 11.3 Å². The molecule has 0 aliphatic heterocycles. The Bertz CT molecular complexity index is 1120. The van der Waals surface area contributed by atoms with Gasteiger partial charge in [0.1, 0.15) is 17.2 Å². The van der Waals surface area contributed by atoms with Gasteiger partial charge in [0, 0.05) is 47.2 Å². The van der Waals surface area contributed by atoms with E-state index >= 15 is 0 Å². The predicted octanol–water partition coefficient (Wildman–Crippen LogP) is 3.76. The number of rotatable bonds is 5. The lowest BCUT2D eigenvalue weighted by Gasteiger charge is -2.02. The van der Waals surface area contributed by atoms with E-state index in [2.05, 4.69) is 25.3 Å². The molecule has 3 aromatic heterocycles. The van der Waals surface area contributed by atoms with Crippen molar-refractivity contribution in [3.05, 3.63) is 76.2 Å². The van der Waals surface area contributed by atoms with Crippen LogP contribution in [0.25, 0.3) is 22.6 Å². The van der Waals surface area contributed by atoms with Gasteiger partial charge in [-0.3, -0.25) is 25.2 Å². The van der Waals surface area contributed by atoms with Crippen LogP contribution in [0.2, 0.25) is 0 Å². The number of thiazole rings is 1. The third-order valence-electron chi connectivity index (χ3n) is 3.89. The molecule has 138 valence electrons. The Labute approximate surface area is 162 Å².